The van der Waals surface area contributed by atoms with Crippen molar-refractivity contribution in [1.29, 1.82) is 5.26 Å². The first-order valence-electron chi connectivity index (χ1n) is 4.82. The summed E-state index contributed by atoms with van der Waals surface area (Å²) >= 11 is 5.24. The Labute approximate surface area is 117 Å². The lowest BCUT2D eigenvalue weighted by atomic mass is 10.2. The van der Waals surface area contributed by atoms with Crippen LogP contribution in [0.3, 0.4) is 0 Å². The summed E-state index contributed by atoms with van der Waals surface area (Å²) in [7, 11) is -4.92. The number of nitro groups is 2. The third-order valence-corrected chi connectivity index (χ3v) is 5.08. The minimum absolute atomic E-state index is 0.159. The predicted molar refractivity (Wildman–Crippen MR) is 66.2 cm³/mol. The quantitative estimate of drug-likeness (QED) is 0.352. The van der Waals surface area contributed by atoms with Crippen molar-refractivity contribution in [2.45, 2.75) is 16.1 Å². The lowest BCUT2D eigenvalue weighted by Gasteiger charge is -2.11. The second-order valence-electron chi connectivity index (χ2n) is 3.64. The Bertz CT molecular complexity index is 741. The van der Waals surface area contributed by atoms with Gasteiger partial charge in [0.2, 0.25) is 0 Å². The molecule has 11 heteroatoms. The van der Waals surface area contributed by atoms with Crippen molar-refractivity contribution in [3.05, 3.63) is 44.0 Å². The van der Waals surface area contributed by atoms with Gasteiger partial charge in [0.25, 0.3) is 15.5 Å². The van der Waals surface area contributed by atoms with Gasteiger partial charge in [-0.15, -0.1) is 0 Å². The van der Waals surface area contributed by atoms with Gasteiger partial charge in [-0.1, -0.05) is 6.07 Å². The Kier molecular flexibility index (Phi) is 3.97. The summed E-state index contributed by atoms with van der Waals surface area (Å²) < 4.78 is 20.6. The van der Waals surface area contributed by atoms with Crippen LogP contribution in [0.5, 0.6) is 0 Å². The van der Waals surface area contributed by atoms with Crippen LogP contribution in [0.25, 0.3) is 0 Å². The fourth-order valence-corrected chi connectivity index (χ4v) is 2.72. The van der Waals surface area contributed by atoms with Crippen molar-refractivity contribution in [3.63, 3.8) is 0 Å². The molecule has 0 saturated carbocycles. The molecule has 0 saturated heterocycles. The van der Waals surface area contributed by atoms with Crippen LogP contribution in [-0.4, -0.2) is 22.6 Å². The van der Waals surface area contributed by atoms with E-state index in [4.69, 9.17) is 16.9 Å². The lowest BCUT2D eigenvalue weighted by molar-refractivity contribution is -0.499. The van der Waals surface area contributed by atoms with E-state index in [2.05, 4.69) is 0 Å². The van der Waals surface area contributed by atoms with Crippen LogP contribution in [0.4, 0.5) is 5.69 Å². The lowest BCUT2D eigenvalue weighted by Crippen LogP contribution is -2.39. The molecule has 0 bridgehead atoms. The highest BCUT2D eigenvalue weighted by molar-refractivity contribution is 7.94. The molecule has 0 radical (unpaired) electrons. The molecule has 0 heterocycles. The fraction of sp³-hybridized carbons (Fsp3) is 0.222. The molecule has 0 aliphatic carbocycles. The molecule has 106 valence electrons. The molecule has 1 unspecified atom stereocenters. The zero-order valence-electron chi connectivity index (χ0n) is 9.81. The number of hydrogen-bond donors (Lipinski definition) is 0. The van der Waals surface area contributed by atoms with Crippen LogP contribution in [0.2, 0.25) is 0 Å². The molecule has 0 aliphatic rings. The number of nitrogens with zero attached hydrogens (tertiary/aromatic N) is 3. The van der Waals surface area contributed by atoms with Crippen LogP contribution in [-0.2, 0) is 9.84 Å². The second-order valence-corrected chi connectivity index (χ2v) is 6.48. The minimum atomic E-state index is -4.92. The van der Waals surface area contributed by atoms with Gasteiger partial charge in [0.05, 0.1) is 14.7 Å². The van der Waals surface area contributed by atoms with Crippen molar-refractivity contribution in [1.82, 2.24) is 0 Å². The van der Waals surface area contributed by atoms with Crippen LogP contribution >= 0.6 is 11.6 Å². The average Bonchev–Trinajstić information content (AvgIpc) is 2.37. The smallest absolute Gasteiger partial charge is 0.261 e. The average molecular weight is 320 g/mol. The zero-order chi connectivity index (χ0) is 15.7. The number of aryl methyl sites for hydroxylation is 1. The second kappa shape index (κ2) is 5.03. The van der Waals surface area contributed by atoms with E-state index in [1.807, 2.05) is 0 Å². The maximum atomic E-state index is 12.0. The molecular weight excluding hydrogens is 314 g/mol. The topological polar surface area (TPSA) is 144 Å². The molecule has 20 heavy (non-hydrogen) atoms. The number of alkyl halides is 1. The first kappa shape index (κ1) is 15.8. The van der Waals surface area contributed by atoms with E-state index in [0.29, 0.717) is 6.07 Å². The van der Waals surface area contributed by atoms with Gasteiger partial charge < -0.3 is 0 Å². The molecule has 0 aromatic heterocycles. The Hall–Kier alpha value is -2.25. The monoisotopic (exact) mass is 319 g/mol. The summed E-state index contributed by atoms with van der Waals surface area (Å²) in [4.78, 5) is 18.3. The molecule has 9 nitrogen and oxygen atoms in total. The number of rotatable bonds is 4. The van der Waals surface area contributed by atoms with Crippen molar-refractivity contribution in [2.75, 3.05) is 0 Å². The number of benzene rings is 1. The number of nitriles is 1. The van der Waals surface area contributed by atoms with Crippen LogP contribution in [0, 0.1) is 38.5 Å². The molecule has 0 fully saturated rings. The van der Waals surface area contributed by atoms with E-state index >= 15 is 0 Å². The largest absolute Gasteiger partial charge is 0.482 e. The van der Waals surface area contributed by atoms with Gasteiger partial charge in [-0.2, -0.15) is 5.26 Å². The highest BCUT2D eigenvalue weighted by atomic mass is 35.5. The summed E-state index contributed by atoms with van der Waals surface area (Å²) in [6, 6.07) is 3.53. The summed E-state index contributed by atoms with van der Waals surface area (Å²) in [5.41, 5.74) is -0.390. The molecule has 0 amide bonds. The molecule has 0 spiro atoms. The first-order valence-corrected chi connectivity index (χ1v) is 6.68. The number of nitro benzene ring substituents is 1. The summed E-state index contributed by atoms with van der Waals surface area (Å²) in [5.74, 6) is 0. The van der Waals surface area contributed by atoms with Gasteiger partial charge >= 0.3 is 4.33 Å². The normalized spacial score (nSPS) is 14.1. The summed E-state index contributed by atoms with van der Waals surface area (Å²) in [6.45, 7) is 1.36. The van der Waals surface area contributed by atoms with E-state index in [1.165, 1.54) is 6.92 Å². The Morgan fingerprint density at radius 1 is 1.35 bits per heavy atom. The van der Waals surface area contributed by atoms with Gasteiger partial charge in [0, 0.05) is 11.6 Å². The van der Waals surface area contributed by atoms with Gasteiger partial charge in [-0.25, -0.2) is 8.42 Å². The SMILES string of the molecule is Cc1ccc(S(=O)(=O)C(Cl)(C#N)[N+](=O)[O-])cc1[N+](=O)[O-]. The van der Waals surface area contributed by atoms with E-state index in [0.717, 1.165) is 18.2 Å². The van der Waals surface area contributed by atoms with Gasteiger partial charge in [0.15, 0.2) is 6.07 Å². The van der Waals surface area contributed by atoms with Gasteiger partial charge in [0.1, 0.15) is 0 Å². The number of halogens is 1. The maximum Gasteiger partial charge on any atom is 0.482 e. The first-order chi connectivity index (χ1) is 9.07. The van der Waals surface area contributed by atoms with Crippen LogP contribution in [0.1, 0.15) is 5.56 Å². The summed E-state index contributed by atoms with van der Waals surface area (Å²) in [5, 5.41) is 30.1. The molecule has 1 aromatic carbocycles. The molecule has 0 N–H and O–H groups in total. The van der Waals surface area contributed by atoms with E-state index < -0.39 is 34.6 Å². The van der Waals surface area contributed by atoms with Crippen molar-refractivity contribution < 1.29 is 18.3 Å². The number of sulfone groups is 1. The summed E-state index contributed by atoms with van der Waals surface area (Å²) in [6.07, 6.45) is 0. The zero-order valence-corrected chi connectivity index (χ0v) is 11.4. The molecule has 1 atom stereocenters. The fourth-order valence-electron chi connectivity index (χ4n) is 1.31. The maximum absolute atomic E-state index is 12.0. The Balaban J connectivity index is 3.61. The highest BCUT2D eigenvalue weighted by Gasteiger charge is 2.56. The third-order valence-electron chi connectivity index (χ3n) is 2.42. The van der Waals surface area contributed by atoms with Crippen molar-refractivity contribution in [3.8, 4) is 6.07 Å². The van der Waals surface area contributed by atoms with Crippen molar-refractivity contribution in [2.24, 2.45) is 0 Å². The standard InChI is InChI=1S/C9H6ClN3O6S/c1-6-2-3-7(4-8(6)12(14)15)20(18,19)9(10,5-11)13(16)17/h2-4H,1H3. The van der Waals surface area contributed by atoms with E-state index in [1.54, 1.807) is 0 Å². The highest BCUT2D eigenvalue weighted by Crippen LogP contribution is 2.32. The molecule has 1 rings (SSSR count). The predicted octanol–water partition coefficient (Wildman–Crippen LogP) is 1.37. The van der Waals surface area contributed by atoms with Crippen LogP contribution in [0.15, 0.2) is 23.1 Å². The third kappa shape index (κ3) is 2.28. The molecule has 0 aliphatic heterocycles. The Morgan fingerprint density at radius 3 is 2.30 bits per heavy atom. The van der Waals surface area contributed by atoms with Crippen LogP contribution < -0.4 is 0 Å². The van der Waals surface area contributed by atoms with E-state index in [-0.39, 0.29) is 5.56 Å². The van der Waals surface area contributed by atoms with Crippen molar-refractivity contribution >= 4 is 27.1 Å². The van der Waals surface area contributed by atoms with Gasteiger partial charge in [-0.3, -0.25) is 20.2 Å². The van der Waals surface area contributed by atoms with Gasteiger partial charge in [-0.05, 0) is 24.6 Å². The molecule has 1 aromatic rings. The Morgan fingerprint density at radius 2 is 1.90 bits per heavy atom. The minimum Gasteiger partial charge on any atom is -0.261 e. The number of hydrogen-bond acceptors (Lipinski definition) is 7. The molecular formula is C9H6ClN3O6S. The van der Waals surface area contributed by atoms with E-state index in [9.17, 15) is 28.6 Å².